The molecule has 4 rings (SSSR count). The summed E-state index contributed by atoms with van der Waals surface area (Å²) in [5.74, 6) is 0.551. The van der Waals surface area contributed by atoms with Gasteiger partial charge in [0, 0.05) is 45.9 Å². The molecule has 2 atom stereocenters. The Bertz CT molecular complexity index is 987. The van der Waals surface area contributed by atoms with Crippen molar-refractivity contribution in [3.8, 4) is 11.3 Å². The summed E-state index contributed by atoms with van der Waals surface area (Å²) in [5, 5.41) is 1.58. The van der Waals surface area contributed by atoms with Crippen LogP contribution in [0.5, 0.6) is 0 Å². The summed E-state index contributed by atoms with van der Waals surface area (Å²) in [5.41, 5.74) is 3.54. The first kappa shape index (κ1) is 17.6. The molecule has 0 bridgehead atoms. The third kappa shape index (κ3) is 3.03. The van der Waals surface area contributed by atoms with E-state index >= 15 is 0 Å². The molecule has 3 aromatic rings. The van der Waals surface area contributed by atoms with Gasteiger partial charge in [-0.2, -0.15) is 0 Å². The molecule has 1 N–H and O–H groups in total. The van der Waals surface area contributed by atoms with Crippen LogP contribution in [0.3, 0.4) is 0 Å². The van der Waals surface area contributed by atoms with Crippen molar-refractivity contribution in [2.75, 3.05) is 23.7 Å². The van der Waals surface area contributed by atoms with Crippen molar-refractivity contribution in [3.63, 3.8) is 0 Å². The normalized spacial score (nSPS) is 18.6. The van der Waals surface area contributed by atoms with Crippen molar-refractivity contribution in [3.05, 3.63) is 47.5 Å². The average Bonchev–Trinajstić information content (AvgIpc) is 3.24. The van der Waals surface area contributed by atoms with Gasteiger partial charge in [0.2, 0.25) is 0 Å². The number of hydrogen-bond acceptors (Lipinski definition) is 2. The second-order valence-corrected chi connectivity index (χ2v) is 8.62. The Kier molecular flexibility index (Phi) is 4.76. The Morgan fingerprint density at radius 1 is 1.31 bits per heavy atom. The van der Waals surface area contributed by atoms with Crippen LogP contribution in [-0.4, -0.2) is 34.2 Å². The van der Waals surface area contributed by atoms with Gasteiger partial charge in [-0.3, -0.25) is 4.21 Å². The lowest BCUT2D eigenvalue weighted by molar-refractivity contribution is 0.364. The van der Waals surface area contributed by atoms with Gasteiger partial charge in [-0.1, -0.05) is 36.7 Å². The summed E-state index contributed by atoms with van der Waals surface area (Å²) < 4.78 is 26.1. The van der Waals surface area contributed by atoms with E-state index in [0.717, 1.165) is 32.7 Å². The second kappa shape index (κ2) is 7.05. The largest absolute Gasteiger partial charge is 0.368 e. The summed E-state index contributed by atoms with van der Waals surface area (Å²) in [6.45, 7) is 2.94. The molecule has 0 amide bonds. The molecule has 1 aromatic heterocycles. The standard InChI is InChI=1S/C20H20ClFN2OS/c1-2-26(25)14-7-8-18(24-10-9-13(22)12-24)16(11-14)20-19(21)15-5-3-4-6-17(15)23-20/h3-8,11,13,23H,2,9-10,12H2,1H3/t13?,26-/m1/s1. The van der Waals surface area contributed by atoms with E-state index in [0.29, 0.717) is 30.3 Å². The van der Waals surface area contributed by atoms with Crippen LogP contribution in [0.2, 0.25) is 5.02 Å². The van der Waals surface area contributed by atoms with Crippen LogP contribution in [0.1, 0.15) is 13.3 Å². The molecule has 2 aromatic carbocycles. The number of nitrogens with zero attached hydrogens (tertiary/aromatic N) is 1. The first-order chi connectivity index (χ1) is 12.6. The second-order valence-electron chi connectivity index (χ2n) is 6.50. The van der Waals surface area contributed by atoms with Crippen LogP contribution in [0, 0.1) is 0 Å². The van der Waals surface area contributed by atoms with Gasteiger partial charge in [0.05, 0.1) is 21.5 Å². The molecule has 6 heteroatoms. The Balaban J connectivity index is 1.91. The van der Waals surface area contributed by atoms with Crippen molar-refractivity contribution < 1.29 is 8.60 Å². The van der Waals surface area contributed by atoms with Crippen LogP contribution in [0.4, 0.5) is 10.1 Å². The summed E-state index contributed by atoms with van der Waals surface area (Å²) in [6.07, 6.45) is -0.284. The molecule has 1 saturated heterocycles. The van der Waals surface area contributed by atoms with E-state index in [9.17, 15) is 8.60 Å². The van der Waals surface area contributed by atoms with Gasteiger partial charge in [0.15, 0.2) is 0 Å². The highest BCUT2D eigenvalue weighted by Gasteiger charge is 2.26. The molecule has 136 valence electrons. The number of para-hydroxylation sites is 1. The molecule has 2 heterocycles. The van der Waals surface area contributed by atoms with Crippen molar-refractivity contribution in [2.45, 2.75) is 24.4 Å². The summed E-state index contributed by atoms with van der Waals surface area (Å²) in [7, 11) is -1.07. The Morgan fingerprint density at radius 3 is 2.81 bits per heavy atom. The lowest BCUT2D eigenvalue weighted by atomic mass is 10.1. The number of aromatic amines is 1. The molecule has 1 fully saturated rings. The molecule has 0 saturated carbocycles. The van der Waals surface area contributed by atoms with E-state index in [-0.39, 0.29) is 0 Å². The molecule has 26 heavy (non-hydrogen) atoms. The third-order valence-electron chi connectivity index (χ3n) is 4.88. The highest BCUT2D eigenvalue weighted by molar-refractivity contribution is 7.85. The minimum absolute atomic E-state index is 0.376. The van der Waals surface area contributed by atoms with Crippen molar-refractivity contribution >= 4 is 39.0 Å². The topological polar surface area (TPSA) is 36.1 Å². The Hall–Kier alpha value is -1.85. The number of rotatable bonds is 4. The molecule has 0 radical (unpaired) electrons. The summed E-state index contributed by atoms with van der Waals surface area (Å²) >= 11 is 6.67. The highest BCUT2D eigenvalue weighted by atomic mass is 35.5. The number of H-pyrrole nitrogens is 1. The van der Waals surface area contributed by atoms with Gasteiger partial charge in [-0.15, -0.1) is 0 Å². The maximum Gasteiger partial charge on any atom is 0.119 e. The zero-order valence-electron chi connectivity index (χ0n) is 14.5. The molecule has 3 nitrogen and oxygen atoms in total. The van der Waals surface area contributed by atoms with E-state index in [1.807, 2.05) is 54.3 Å². The minimum Gasteiger partial charge on any atom is -0.368 e. The lowest BCUT2D eigenvalue weighted by Gasteiger charge is -2.22. The number of aromatic nitrogens is 1. The van der Waals surface area contributed by atoms with Crippen molar-refractivity contribution in [2.24, 2.45) is 0 Å². The number of alkyl halides is 1. The number of benzene rings is 2. The average molecular weight is 391 g/mol. The number of fused-ring (bicyclic) bond motifs is 1. The number of nitrogens with one attached hydrogen (secondary N) is 1. The van der Waals surface area contributed by atoms with Crippen LogP contribution in [0.15, 0.2) is 47.4 Å². The zero-order valence-corrected chi connectivity index (χ0v) is 16.0. The fraction of sp³-hybridized carbons (Fsp3) is 0.300. The van der Waals surface area contributed by atoms with Gasteiger partial charge in [0.25, 0.3) is 0 Å². The SMILES string of the molecule is CC[S@@](=O)c1ccc(N2CCC(F)C2)c(-c2[nH]c3ccccc3c2Cl)c1. The van der Waals surface area contributed by atoms with E-state index < -0.39 is 17.0 Å². The first-order valence-electron chi connectivity index (χ1n) is 8.76. The van der Waals surface area contributed by atoms with Crippen LogP contribution < -0.4 is 4.90 Å². The van der Waals surface area contributed by atoms with Crippen LogP contribution in [-0.2, 0) is 10.8 Å². The number of halogens is 2. The van der Waals surface area contributed by atoms with Crippen LogP contribution >= 0.6 is 11.6 Å². The fourth-order valence-electron chi connectivity index (χ4n) is 3.53. The summed E-state index contributed by atoms with van der Waals surface area (Å²) in [6, 6.07) is 13.6. The monoisotopic (exact) mass is 390 g/mol. The predicted octanol–water partition coefficient (Wildman–Crippen LogP) is 5.16. The first-order valence-corrected chi connectivity index (χ1v) is 10.5. The van der Waals surface area contributed by atoms with Gasteiger partial charge >= 0.3 is 0 Å². The molecular formula is C20H20ClFN2OS. The molecule has 0 spiro atoms. The molecule has 1 unspecified atom stereocenters. The molecule has 1 aliphatic rings. The molecular weight excluding hydrogens is 371 g/mol. The van der Waals surface area contributed by atoms with Gasteiger partial charge < -0.3 is 9.88 Å². The van der Waals surface area contributed by atoms with Gasteiger partial charge in [0.1, 0.15) is 6.17 Å². The summed E-state index contributed by atoms with van der Waals surface area (Å²) in [4.78, 5) is 6.19. The number of anilines is 1. The quantitative estimate of drug-likeness (QED) is 0.667. The minimum atomic E-state index is -1.07. The zero-order chi connectivity index (χ0) is 18.3. The van der Waals surface area contributed by atoms with E-state index in [2.05, 4.69) is 4.98 Å². The van der Waals surface area contributed by atoms with Gasteiger partial charge in [-0.25, -0.2) is 4.39 Å². The van der Waals surface area contributed by atoms with Crippen molar-refractivity contribution in [1.29, 1.82) is 0 Å². The van der Waals surface area contributed by atoms with E-state index in [1.54, 1.807) is 0 Å². The fourth-order valence-corrected chi connectivity index (χ4v) is 4.65. The van der Waals surface area contributed by atoms with E-state index in [4.69, 9.17) is 11.6 Å². The maximum absolute atomic E-state index is 13.8. The Morgan fingerprint density at radius 2 is 2.12 bits per heavy atom. The third-order valence-corrected chi connectivity index (χ3v) is 6.57. The van der Waals surface area contributed by atoms with E-state index in [1.165, 1.54) is 0 Å². The predicted molar refractivity (Wildman–Crippen MR) is 107 cm³/mol. The van der Waals surface area contributed by atoms with Crippen molar-refractivity contribution in [1.82, 2.24) is 4.98 Å². The highest BCUT2D eigenvalue weighted by Crippen LogP contribution is 2.40. The number of hydrogen-bond donors (Lipinski definition) is 1. The van der Waals surface area contributed by atoms with Crippen LogP contribution in [0.25, 0.3) is 22.2 Å². The molecule has 1 aliphatic heterocycles. The molecule has 0 aliphatic carbocycles. The smallest absolute Gasteiger partial charge is 0.119 e. The lowest BCUT2D eigenvalue weighted by Crippen LogP contribution is -2.20. The van der Waals surface area contributed by atoms with Gasteiger partial charge in [-0.05, 0) is 30.7 Å². The Labute approximate surface area is 159 Å². The maximum atomic E-state index is 13.8.